The molecule has 2 fully saturated rings. The normalized spacial score (nSPS) is 30.0. The topological polar surface area (TPSA) is 24.1 Å². The van der Waals surface area contributed by atoms with Crippen LogP contribution in [0.15, 0.2) is 22.7 Å². The standard InChI is InChI=1S/C16H22BrFN2/c17-12-6-7-14(18)11(9-12)10-20-16-4-1-3-13(16)15-5-2-8-19-15/h6-7,9,13,15-16,19-20H,1-5,8,10H2. The molecule has 2 N–H and O–H groups in total. The molecule has 2 aliphatic rings. The van der Waals surface area contributed by atoms with Crippen LogP contribution in [0.3, 0.4) is 0 Å². The van der Waals surface area contributed by atoms with Crippen LogP contribution in [0.4, 0.5) is 4.39 Å². The van der Waals surface area contributed by atoms with E-state index in [4.69, 9.17) is 0 Å². The molecule has 110 valence electrons. The first-order chi connectivity index (χ1) is 9.74. The van der Waals surface area contributed by atoms with Crippen LogP contribution >= 0.6 is 15.9 Å². The smallest absolute Gasteiger partial charge is 0.127 e. The molecule has 3 unspecified atom stereocenters. The van der Waals surface area contributed by atoms with E-state index in [0.29, 0.717) is 24.5 Å². The molecule has 1 saturated heterocycles. The molecule has 0 bridgehead atoms. The van der Waals surface area contributed by atoms with E-state index in [1.165, 1.54) is 38.2 Å². The number of rotatable bonds is 4. The molecule has 2 nitrogen and oxygen atoms in total. The van der Waals surface area contributed by atoms with Gasteiger partial charge < -0.3 is 10.6 Å². The Morgan fingerprint density at radius 3 is 2.95 bits per heavy atom. The summed E-state index contributed by atoms with van der Waals surface area (Å²) in [6, 6.07) is 6.36. The molecule has 1 aromatic rings. The van der Waals surface area contributed by atoms with E-state index in [2.05, 4.69) is 26.6 Å². The van der Waals surface area contributed by atoms with Gasteiger partial charge in [0.2, 0.25) is 0 Å². The quantitative estimate of drug-likeness (QED) is 0.874. The van der Waals surface area contributed by atoms with Gasteiger partial charge in [-0.3, -0.25) is 0 Å². The SMILES string of the molecule is Fc1ccc(Br)cc1CNC1CCCC1C1CCCN1. The molecular formula is C16H22BrFN2. The van der Waals surface area contributed by atoms with E-state index in [0.717, 1.165) is 16.6 Å². The van der Waals surface area contributed by atoms with Crippen LogP contribution in [-0.4, -0.2) is 18.6 Å². The lowest BCUT2D eigenvalue weighted by atomic mass is 9.93. The lowest BCUT2D eigenvalue weighted by Gasteiger charge is -2.26. The summed E-state index contributed by atoms with van der Waals surface area (Å²) in [5.41, 5.74) is 0.754. The van der Waals surface area contributed by atoms with Gasteiger partial charge in [0.15, 0.2) is 0 Å². The van der Waals surface area contributed by atoms with Crippen molar-refractivity contribution >= 4 is 15.9 Å². The van der Waals surface area contributed by atoms with Gasteiger partial charge in [0.05, 0.1) is 0 Å². The van der Waals surface area contributed by atoms with Gasteiger partial charge in [0.1, 0.15) is 5.82 Å². The predicted octanol–water partition coefficient (Wildman–Crippen LogP) is 3.60. The highest BCUT2D eigenvalue weighted by atomic mass is 79.9. The van der Waals surface area contributed by atoms with Gasteiger partial charge >= 0.3 is 0 Å². The van der Waals surface area contributed by atoms with Crippen LogP contribution in [-0.2, 0) is 6.54 Å². The van der Waals surface area contributed by atoms with E-state index in [9.17, 15) is 4.39 Å². The highest BCUT2D eigenvalue weighted by Gasteiger charge is 2.34. The summed E-state index contributed by atoms with van der Waals surface area (Å²) in [5.74, 6) is 0.599. The van der Waals surface area contributed by atoms with Crippen molar-refractivity contribution < 1.29 is 4.39 Å². The number of halogens is 2. The lowest BCUT2D eigenvalue weighted by molar-refractivity contribution is 0.319. The van der Waals surface area contributed by atoms with E-state index in [-0.39, 0.29) is 5.82 Å². The fraction of sp³-hybridized carbons (Fsp3) is 0.625. The minimum atomic E-state index is -0.116. The highest BCUT2D eigenvalue weighted by molar-refractivity contribution is 9.10. The molecule has 4 heteroatoms. The number of benzene rings is 1. The third-order valence-electron chi connectivity index (χ3n) is 4.75. The van der Waals surface area contributed by atoms with Gasteiger partial charge in [0.25, 0.3) is 0 Å². The van der Waals surface area contributed by atoms with E-state index >= 15 is 0 Å². The monoisotopic (exact) mass is 340 g/mol. The Morgan fingerprint density at radius 2 is 2.15 bits per heavy atom. The van der Waals surface area contributed by atoms with Gasteiger partial charge in [-0.25, -0.2) is 4.39 Å². The fourth-order valence-electron chi connectivity index (χ4n) is 3.72. The van der Waals surface area contributed by atoms with Crippen LogP contribution in [0.1, 0.15) is 37.7 Å². The fourth-order valence-corrected chi connectivity index (χ4v) is 4.13. The van der Waals surface area contributed by atoms with Crippen molar-refractivity contribution in [1.82, 2.24) is 10.6 Å². The second-order valence-electron chi connectivity index (χ2n) is 6.02. The Kier molecular flexibility index (Phi) is 4.74. The van der Waals surface area contributed by atoms with E-state index in [1.807, 2.05) is 6.07 Å². The zero-order valence-corrected chi connectivity index (χ0v) is 13.3. The van der Waals surface area contributed by atoms with Gasteiger partial charge in [-0.05, 0) is 56.3 Å². The first-order valence-electron chi connectivity index (χ1n) is 7.65. The van der Waals surface area contributed by atoms with Crippen molar-refractivity contribution in [2.45, 2.75) is 50.7 Å². The maximum absolute atomic E-state index is 13.8. The Hall–Kier alpha value is -0.450. The zero-order chi connectivity index (χ0) is 13.9. The Balaban J connectivity index is 1.60. The van der Waals surface area contributed by atoms with Crippen molar-refractivity contribution in [2.75, 3.05) is 6.54 Å². The summed E-state index contributed by atoms with van der Waals surface area (Å²) >= 11 is 3.41. The van der Waals surface area contributed by atoms with Crippen molar-refractivity contribution in [1.29, 1.82) is 0 Å². The Bertz CT molecular complexity index is 460. The summed E-state index contributed by atoms with van der Waals surface area (Å²) < 4.78 is 14.7. The number of hydrogen-bond acceptors (Lipinski definition) is 2. The lowest BCUT2D eigenvalue weighted by Crippen LogP contribution is -2.41. The van der Waals surface area contributed by atoms with Crippen LogP contribution in [0.2, 0.25) is 0 Å². The summed E-state index contributed by atoms with van der Waals surface area (Å²) in [7, 11) is 0. The first kappa shape index (κ1) is 14.5. The molecule has 3 atom stereocenters. The molecule has 0 aromatic heterocycles. The van der Waals surface area contributed by atoms with Crippen molar-refractivity contribution in [3.63, 3.8) is 0 Å². The van der Waals surface area contributed by atoms with Crippen LogP contribution in [0, 0.1) is 11.7 Å². The molecule has 20 heavy (non-hydrogen) atoms. The average Bonchev–Trinajstić information content (AvgIpc) is 3.09. The molecule has 0 amide bonds. The van der Waals surface area contributed by atoms with Crippen LogP contribution in [0.5, 0.6) is 0 Å². The average molecular weight is 341 g/mol. The number of nitrogens with one attached hydrogen (secondary N) is 2. The maximum atomic E-state index is 13.8. The van der Waals surface area contributed by atoms with Crippen LogP contribution in [0.25, 0.3) is 0 Å². The minimum Gasteiger partial charge on any atom is -0.314 e. The van der Waals surface area contributed by atoms with Gasteiger partial charge in [0, 0.05) is 28.7 Å². The van der Waals surface area contributed by atoms with Gasteiger partial charge in [-0.2, -0.15) is 0 Å². The highest BCUT2D eigenvalue weighted by Crippen LogP contribution is 2.32. The Morgan fingerprint density at radius 1 is 1.25 bits per heavy atom. The van der Waals surface area contributed by atoms with Gasteiger partial charge in [-0.15, -0.1) is 0 Å². The number of hydrogen-bond donors (Lipinski definition) is 2. The molecule has 3 rings (SSSR count). The molecule has 1 aliphatic carbocycles. The van der Waals surface area contributed by atoms with Crippen molar-refractivity contribution in [2.24, 2.45) is 5.92 Å². The van der Waals surface area contributed by atoms with Crippen molar-refractivity contribution in [3.8, 4) is 0 Å². The largest absolute Gasteiger partial charge is 0.314 e. The zero-order valence-electron chi connectivity index (χ0n) is 11.7. The molecule has 0 spiro atoms. The molecule has 1 heterocycles. The van der Waals surface area contributed by atoms with E-state index in [1.54, 1.807) is 6.07 Å². The minimum absolute atomic E-state index is 0.116. The Labute approximate surface area is 128 Å². The molecule has 1 saturated carbocycles. The van der Waals surface area contributed by atoms with Crippen molar-refractivity contribution in [3.05, 3.63) is 34.1 Å². The molecular weight excluding hydrogens is 319 g/mol. The summed E-state index contributed by atoms with van der Waals surface area (Å²) in [4.78, 5) is 0. The third kappa shape index (κ3) is 3.23. The second-order valence-corrected chi connectivity index (χ2v) is 6.94. The summed E-state index contributed by atoms with van der Waals surface area (Å²) in [6.45, 7) is 1.79. The maximum Gasteiger partial charge on any atom is 0.127 e. The van der Waals surface area contributed by atoms with Crippen LogP contribution < -0.4 is 10.6 Å². The first-order valence-corrected chi connectivity index (χ1v) is 8.44. The summed E-state index contributed by atoms with van der Waals surface area (Å²) in [6.07, 6.45) is 6.42. The second kappa shape index (κ2) is 6.54. The molecule has 0 radical (unpaired) electrons. The summed E-state index contributed by atoms with van der Waals surface area (Å²) in [5, 5.41) is 7.22. The third-order valence-corrected chi connectivity index (χ3v) is 5.24. The molecule has 1 aromatic carbocycles. The predicted molar refractivity (Wildman–Crippen MR) is 83.1 cm³/mol. The van der Waals surface area contributed by atoms with E-state index < -0.39 is 0 Å². The molecule has 1 aliphatic heterocycles. The van der Waals surface area contributed by atoms with Gasteiger partial charge in [-0.1, -0.05) is 22.4 Å².